The van der Waals surface area contributed by atoms with Crippen molar-refractivity contribution >= 4 is 10.8 Å². The zero-order chi connectivity index (χ0) is 15.0. The second kappa shape index (κ2) is 5.26. The van der Waals surface area contributed by atoms with Crippen LogP contribution in [0.5, 0.6) is 0 Å². The topological polar surface area (TPSA) is 20.2 Å². The Hall–Kier alpha value is -2.26. The molecule has 1 atom stereocenters. The van der Waals surface area contributed by atoms with Crippen molar-refractivity contribution in [3.05, 3.63) is 82.9 Å². The SMILES string of the molecule is Cc1cc(F)cc(C(O)c2ccc(F)c3ccccc23)c1. The number of fused-ring (bicyclic) bond motifs is 1. The molecule has 0 bridgehead atoms. The third-order valence-electron chi connectivity index (χ3n) is 3.58. The van der Waals surface area contributed by atoms with E-state index < -0.39 is 11.9 Å². The molecule has 0 saturated carbocycles. The average Bonchev–Trinajstić information content (AvgIpc) is 2.46. The molecule has 21 heavy (non-hydrogen) atoms. The minimum Gasteiger partial charge on any atom is -0.384 e. The summed E-state index contributed by atoms with van der Waals surface area (Å²) < 4.78 is 27.3. The summed E-state index contributed by atoms with van der Waals surface area (Å²) in [5, 5.41) is 11.6. The summed E-state index contributed by atoms with van der Waals surface area (Å²) >= 11 is 0. The van der Waals surface area contributed by atoms with Gasteiger partial charge in [-0.3, -0.25) is 0 Å². The number of aryl methyl sites for hydroxylation is 1. The minimum absolute atomic E-state index is 0.336. The van der Waals surface area contributed by atoms with Gasteiger partial charge in [-0.15, -0.1) is 0 Å². The second-order valence-corrected chi connectivity index (χ2v) is 5.15. The zero-order valence-corrected chi connectivity index (χ0v) is 11.5. The summed E-state index contributed by atoms with van der Waals surface area (Å²) in [6.45, 7) is 1.77. The number of aliphatic hydroxyl groups excluding tert-OH is 1. The third kappa shape index (κ3) is 2.52. The van der Waals surface area contributed by atoms with Crippen LogP contribution in [0.1, 0.15) is 22.8 Å². The largest absolute Gasteiger partial charge is 0.384 e. The van der Waals surface area contributed by atoms with Gasteiger partial charge in [-0.05, 0) is 47.2 Å². The van der Waals surface area contributed by atoms with E-state index in [2.05, 4.69) is 0 Å². The highest BCUT2D eigenvalue weighted by Crippen LogP contribution is 2.31. The lowest BCUT2D eigenvalue weighted by Crippen LogP contribution is -2.02. The standard InChI is InChI=1S/C18H14F2O/c1-11-8-12(10-13(19)9-11)18(21)16-6-7-17(20)15-5-3-2-4-14(15)16/h2-10,18,21H,1H3. The lowest BCUT2D eigenvalue weighted by Gasteiger charge is -2.15. The van der Waals surface area contributed by atoms with Gasteiger partial charge in [0.1, 0.15) is 17.7 Å². The Balaban J connectivity index is 2.18. The van der Waals surface area contributed by atoms with Gasteiger partial charge in [0, 0.05) is 5.39 Å². The molecule has 3 aromatic carbocycles. The lowest BCUT2D eigenvalue weighted by molar-refractivity contribution is 0.221. The smallest absolute Gasteiger partial charge is 0.131 e. The number of hydrogen-bond acceptors (Lipinski definition) is 1. The van der Waals surface area contributed by atoms with Gasteiger partial charge in [0.2, 0.25) is 0 Å². The number of halogens is 2. The van der Waals surface area contributed by atoms with Crippen molar-refractivity contribution in [3.8, 4) is 0 Å². The molecule has 1 nitrogen and oxygen atoms in total. The van der Waals surface area contributed by atoms with Crippen LogP contribution in [-0.2, 0) is 0 Å². The molecule has 0 amide bonds. The van der Waals surface area contributed by atoms with Crippen LogP contribution in [0, 0.1) is 18.6 Å². The van der Waals surface area contributed by atoms with Gasteiger partial charge in [-0.1, -0.05) is 36.4 Å². The molecule has 0 aliphatic rings. The van der Waals surface area contributed by atoms with E-state index in [1.807, 2.05) is 0 Å². The molecular weight excluding hydrogens is 270 g/mol. The van der Waals surface area contributed by atoms with Crippen molar-refractivity contribution in [1.82, 2.24) is 0 Å². The van der Waals surface area contributed by atoms with Crippen molar-refractivity contribution in [3.63, 3.8) is 0 Å². The average molecular weight is 284 g/mol. The Morgan fingerprint density at radius 1 is 0.905 bits per heavy atom. The lowest BCUT2D eigenvalue weighted by atomic mass is 9.95. The molecule has 0 spiro atoms. The maximum absolute atomic E-state index is 13.8. The summed E-state index contributed by atoms with van der Waals surface area (Å²) in [6, 6.07) is 14.2. The first kappa shape index (κ1) is 13.7. The molecular formula is C18H14F2O. The first-order chi connectivity index (χ1) is 10.1. The van der Waals surface area contributed by atoms with Gasteiger partial charge in [-0.2, -0.15) is 0 Å². The Bertz CT molecular complexity index is 791. The molecule has 0 aromatic heterocycles. The number of benzene rings is 3. The number of aliphatic hydroxyl groups is 1. The van der Waals surface area contributed by atoms with Crippen LogP contribution in [0.25, 0.3) is 10.8 Å². The van der Waals surface area contributed by atoms with Crippen molar-refractivity contribution in [2.45, 2.75) is 13.0 Å². The van der Waals surface area contributed by atoms with Crippen molar-refractivity contribution in [1.29, 1.82) is 0 Å². The fourth-order valence-electron chi connectivity index (χ4n) is 2.63. The first-order valence-corrected chi connectivity index (χ1v) is 6.68. The predicted octanol–water partition coefficient (Wildman–Crippen LogP) is 4.51. The van der Waals surface area contributed by atoms with Crippen molar-refractivity contribution < 1.29 is 13.9 Å². The zero-order valence-electron chi connectivity index (χ0n) is 11.5. The molecule has 1 unspecified atom stereocenters. The van der Waals surface area contributed by atoms with Gasteiger partial charge in [0.15, 0.2) is 0 Å². The van der Waals surface area contributed by atoms with Gasteiger partial charge < -0.3 is 5.11 Å². The maximum Gasteiger partial charge on any atom is 0.131 e. The Labute approximate surface area is 121 Å². The summed E-state index contributed by atoms with van der Waals surface area (Å²) in [5.74, 6) is -0.729. The molecule has 0 heterocycles. The molecule has 106 valence electrons. The normalized spacial score (nSPS) is 12.6. The van der Waals surface area contributed by atoms with Crippen molar-refractivity contribution in [2.75, 3.05) is 0 Å². The monoisotopic (exact) mass is 284 g/mol. The molecule has 0 fully saturated rings. The number of hydrogen-bond donors (Lipinski definition) is 1. The maximum atomic E-state index is 13.8. The summed E-state index contributed by atoms with van der Waals surface area (Å²) in [6.07, 6.45) is -0.995. The summed E-state index contributed by atoms with van der Waals surface area (Å²) in [7, 11) is 0. The molecule has 3 heteroatoms. The molecule has 0 radical (unpaired) electrons. The third-order valence-corrected chi connectivity index (χ3v) is 3.58. The first-order valence-electron chi connectivity index (χ1n) is 6.68. The minimum atomic E-state index is -0.995. The predicted molar refractivity (Wildman–Crippen MR) is 79.1 cm³/mol. The van der Waals surface area contributed by atoms with E-state index in [0.717, 1.165) is 5.56 Å². The van der Waals surface area contributed by atoms with Crippen LogP contribution in [0.15, 0.2) is 54.6 Å². The highest BCUT2D eigenvalue weighted by atomic mass is 19.1. The Kier molecular flexibility index (Phi) is 3.43. The van der Waals surface area contributed by atoms with E-state index in [1.54, 1.807) is 43.3 Å². The quantitative estimate of drug-likeness (QED) is 0.734. The molecule has 3 rings (SSSR count). The fraction of sp³-hybridized carbons (Fsp3) is 0.111. The fourth-order valence-corrected chi connectivity index (χ4v) is 2.63. The van der Waals surface area contributed by atoms with E-state index in [4.69, 9.17) is 0 Å². The van der Waals surface area contributed by atoms with Crippen LogP contribution in [0.3, 0.4) is 0 Å². The molecule has 3 aromatic rings. The van der Waals surface area contributed by atoms with Crippen LogP contribution in [0.4, 0.5) is 8.78 Å². The van der Waals surface area contributed by atoms with Gasteiger partial charge in [0.25, 0.3) is 0 Å². The van der Waals surface area contributed by atoms with E-state index in [-0.39, 0.29) is 5.82 Å². The van der Waals surface area contributed by atoms with E-state index in [0.29, 0.717) is 21.9 Å². The molecule has 0 aliphatic carbocycles. The van der Waals surface area contributed by atoms with Crippen LogP contribution in [0.2, 0.25) is 0 Å². The summed E-state index contributed by atoms with van der Waals surface area (Å²) in [4.78, 5) is 0. The highest BCUT2D eigenvalue weighted by molar-refractivity contribution is 5.87. The van der Waals surface area contributed by atoms with Crippen molar-refractivity contribution in [2.24, 2.45) is 0 Å². The second-order valence-electron chi connectivity index (χ2n) is 5.15. The molecule has 1 N–H and O–H groups in total. The Morgan fingerprint density at radius 3 is 2.33 bits per heavy atom. The van der Waals surface area contributed by atoms with Gasteiger partial charge >= 0.3 is 0 Å². The highest BCUT2D eigenvalue weighted by Gasteiger charge is 2.16. The van der Waals surface area contributed by atoms with E-state index in [9.17, 15) is 13.9 Å². The molecule has 0 saturated heterocycles. The van der Waals surface area contributed by atoms with Gasteiger partial charge in [-0.25, -0.2) is 8.78 Å². The Morgan fingerprint density at radius 2 is 1.62 bits per heavy atom. The number of rotatable bonds is 2. The van der Waals surface area contributed by atoms with E-state index >= 15 is 0 Å². The van der Waals surface area contributed by atoms with Crippen LogP contribution < -0.4 is 0 Å². The van der Waals surface area contributed by atoms with E-state index in [1.165, 1.54) is 18.2 Å². The van der Waals surface area contributed by atoms with Crippen LogP contribution in [-0.4, -0.2) is 5.11 Å². The molecule has 0 aliphatic heterocycles. The summed E-state index contributed by atoms with van der Waals surface area (Å²) in [5.41, 5.74) is 1.76. The van der Waals surface area contributed by atoms with Gasteiger partial charge in [0.05, 0.1) is 0 Å². The van der Waals surface area contributed by atoms with Crippen LogP contribution >= 0.6 is 0 Å².